The van der Waals surface area contributed by atoms with Crippen molar-refractivity contribution >= 4 is 81.0 Å². The molecule has 27 N–H and O–H groups in total. The third-order valence-corrected chi connectivity index (χ3v) is 14.5. The molecule has 0 saturated heterocycles. The Bertz CT molecular complexity index is 3120. The summed E-state index contributed by atoms with van der Waals surface area (Å²) in [6, 6.07) is 15.2. The van der Waals surface area contributed by atoms with Gasteiger partial charge in [-0.15, -0.1) is 10.2 Å². The number of carbonyl (C=O) groups excluding carboxylic acids is 7. The number of carbonyl (C=O) groups is 7. The molecule has 0 saturated carbocycles. The van der Waals surface area contributed by atoms with Crippen molar-refractivity contribution in [1.29, 1.82) is 16.2 Å². The summed E-state index contributed by atoms with van der Waals surface area (Å²) >= 11 is 0. The van der Waals surface area contributed by atoms with Crippen molar-refractivity contribution in [2.75, 3.05) is 39.3 Å². The van der Waals surface area contributed by atoms with E-state index in [-0.39, 0.29) is 82.1 Å². The summed E-state index contributed by atoms with van der Waals surface area (Å²) in [6.07, 6.45) is 4.50. The van der Waals surface area contributed by atoms with Crippen LogP contribution in [0.2, 0.25) is 0 Å². The topological polar surface area (TPSA) is 541 Å². The number of fused-ring (bicyclic) bond motifs is 3. The number of amides is 7. The van der Waals surface area contributed by atoms with E-state index in [0.29, 0.717) is 95.2 Å². The number of primary amides is 1. The number of para-hydroxylation sites is 1. The molecule has 5 aromatic rings. The van der Waals surface area contributed by atoms with Crippen LogP contribution in [-0.4, -0.2) is 160 Å². The number of aromatic nitrogens is 5. The van der Waals surface area contributed by atoms with E-state index in [4.69, 9.17) is 56.4 Å². The Morgan fingerprint density at radius 1 is 0.477 bits per heavy atom. The minimum atomic E-state index is -1.26. The Morgan fingerprint density at radius 2 is 0.932 bits per heavy atom. The molecule has 0 bridgehead atoms. The van der Waals surface area contributed by atoms with Crippen molar-refractivity contribution in [1.82, 2.24) is 73.0 Å². The fourth-order valence-corrected chi connectivity index (χ4v) is 9.68. The summed E-state index contributed by atoms with van der Waals surface area (Å²) in [5.41, 5.74) is 44.5. The monoisotopic (exact) mass is 1220 g/mol. The maximum Gasteiger partial charge on any atom is 0.251 e. The van der Waals surface area contributed by atoms with Gasteiger partial charge >= 0.3 is 0 Å². The highest BCUT2D eigenvalue weighted by atomic mass is 16.2. The quantitative estimate of drug-likeness (QED) is 0.0117. The number of hydrogen-bond acceptors (Lipinski definition) is 16. The first-order valence-electron chi connectivity index (χ1n) is 29.6. The average molecular weight is 1220 g/mol. The number of tetrazole rings is 1. The Balaban J connectivity index is 1.19. The fourth-order valence-electron chi connectivity index (χ4n) is 9.68. The van der Waals surface area contributed by atoms with E-state index in [9.17, 15) is 33.6 Å². The molecular weight excluding hydrogens is 1130 g/mol. The molecule has 2 heterocycles. The van der Waals surface area contributed by atoms with Gasteiger partial charge in [0, 0.05) is 78.7 Å². The third-order valence-electron chi connectivity index (χ3n) is 14.5. The van der Waals surface area contributed by atoms with E-state index in [1.54, 1.807) is 12.1 Å². The third kappa shape index (κ3) is 23.4. The van der Waals surface area contributed by atoms with E-state index < -0.39 is 71.7 Å². The molecule has 88 heavy (non-hydrogen) atoms. The first kappa shape index (κ1) is 69.3. The van der Waals surface area contributed by atoms with Crippen molar-refractivity contribution in [2.45, 2.75) is 139 Å². The first-order valence-corrected chi connectivity index (χ1v) is 29.6. The van der Waals surface area contributed by atoms with E-state index in [1.807, 2.05) is 42.5 Å². The number of benzene rings is 3. The summed E-state index contributed by atoms with van der Waals surface area (Å²) in [5, 5.41) is 63.1. The lowest BCUT2D eigenvalue weighted by atomic mass is 10.0. The second kappa shape index (κ2) is 36.5. The number of rotatable bonds is 40. The standard InChI is InChI=1S/C57H88N24O7/c58-39(13-9-29-71-55(62)63)50(84)69-27-7-4-17-43(75-52(86)41(60)15-11-31-73-57(66)67)54(88)76-44(18-5-8-28-70-51(85)40(59)14-10-30-72-56(64)65)53(87)74-42(47(61)82)16-3-6-26-68-49(83)35-22-20-34(21-23-35)33-81-45-19-2-1-12-37(45)38-32-36(24-25-46(38)81)48-77-79-80-78-48/h1-2,12,19-25,32,39-44H,3-11,13-18,26-31,33,58-60H2,(H2,61,82)(H,68,83)(H,69,84)(H,70,85)(H,74,87)(H,75,86)(H,76,88)(H4,62,63,71)(H4,64,65,72)(H4,66,67,73)(H,77,78,79,80). The van der Waals surface area contributed by atoms with Crippen molar-refractivity contribution in [3.8, 4) is 11.4 Å². The van der Waals surface area contributed by atoms with Gasteiger partial charge in [-0.3, -0.25) is 49.8 Å². The van der Waals surface area contributed by atoms with Gasteiger partial charge in [-0.2, -0.15) is 5.21 Å². The van der Waals surface area contributed by atoms with Crippen LogP contribution < -0.4 is 88.0 Å². The number of aromatic amines is 1. The lowest BCUT2D eigenvalue weighted by molar-refractivity contribution is -0.133. The summed E-state index contributed by atoms with van der Waals surface area (Å²) in [5.74, 6) is -4.17. The predicted molar refractivity (Wildman–Crippen MR) is 334 cm³/mol. The molecule has 7 amide bonds. The molecular formula is C57H88N24O7. The van der Waals surface area contributed by atoms with E-state index in [0.717, 1.165) is 32.9 Å². The summed E-state index contributed by atoms with van der Waals surface area (Å²) in [4.78, 5) is 93.6. The van der Waals surface area contributed by atoms with Crippen LogP contribution in [-0.2, 0) is 35.3 Å². The number of nitrogens with zero attached hydrogens (tertiary/aromatic N) is 4. The van der Waals surface area contributed by atoms with E-state index in [1.165, 1.54) is 0 Å². The van der Waals surface area contributed by atoms with Crippen LogP contribution in [0.3, 0.4) is 0 Å². The number of H-pyrrole nitrogens is 1. The zero-order chi connectivity index (χ0) is 64.0. The Labute approximate surface area is 509 Å². The Morgan fingerprint density at radius 3 is 1.43 bits per heavy atom. The lowest BCUT2D eigenvalue weighted by Crippen LogP contribution is -2.57. The maximum absolute atomic E-state index is 14.3. The zero-order valence-electron chi connectivity index (χ0n) is 49.6. The predicted octanol–water partition coefficient (Wildman–Crippen LogP) is -1.79. The molecule has 0 fully saturated rings. The van der Waals surface area contributed by atoms with Crippen LogP contribution in [0, 0.1) is 16.2 Å². The molecule has 0 aliphatic carbocycles. The molecule has 6 unspecified atom stereocenters. The van der Waals surface area contributed by atoms with Gasteiger partial charge in [0.1, 0.15) is 18.1 Å². The number of nitrogens with two attached hydrogens (primary N) is 7. The van der Waals surface area contributed by atoms with Gasteiger partial charge in [-0.05, 0) is 143 Å². The molecule has 478 valence electrons. The number of guanidine groups is 3. The van der Waals surface area contributed by atoms with Crippen molar-refractivity contribution < 1.29 is 33.6 Å². The molecule has 0 spiro atoms. The molecule has 0 aliphatic heterocycles. The molecule has 31 heteroatoms. The minimum Gasteiger partial charge on any atom is -0.370 e. The number of nitrogens with one attached hydrogen (secondary N) is 13. The number of unbranched alkanes of at least 4 members (excludes halogenated alkanes) is 3. The van der Waals surface area contributed by atoms with Gasteiger partial charge in [0.2, 0.25) is 41.3 Å². The second-order valence-electron chi connectivity index (χ2n) is 21.4. The summed E-state index contributed by atoms with van der Waals surface area (Å²) < 4.78 is 2.22. The largest absolute Gasteiger partial charge is 0.370 e. The summed E-state index contributed by atoms with van der Waals surface area (Å²) in [7, 11) is 0. The van der Waals surface area contributed by atoms with Gasteiger partial charge in [-0.25, -0.2) is 0 Å². The fraction of sp³-hybridized carbons (Fsp3) is 0.491. The van der Waals surface area contributed by atoms with Gasteiger partial charge in [0.25, 0.3) is 5.91 Å². The minimum absolute atomic E-state index is 0.0274. The molecule has 2 aromatic heterocycles. The first-order chi connectivity index (χ1) is 42.2. The Kier molecular flexibility index (Phi) is 28.7. The molecule has 31 nitrogen and oxygen atoms in total. The molecule has 0 aliphatic rings. The van der Waals surface area contributed by atoms with Crippen molar-refractivity contribution in [2.24, 2.45) is 40.1 Å². The van der Waals surface area contributed by atoms with Crippen molar-refractivity contribution in [3.05, 3.63) is 77.9 Å². The van der Waals surface area contributed by atoms with Crippen LogP contribution >= 0.6 is 0 Å². The summed E-state index contributed by atoms with van der Waals surface area (Å²) in [6.45, 7) is 2.18. The van der Waals surface area contributed by atoms with Crippen LogP contribution in [0.25, 0.3) is 33.2 Å². The highest BCUT2D eigenvalue weighted by molar-refractivity contribution is 6.09. The highest BCUT2D eigenvalue weighted by Gasteiger charge is 2.30. The molecule has 3 aromatic carbocycles. The van der Waals surface area contributed by atoms with E-state index >= 15 is 0 Å². The van der Waals surface area contributed by atoms with Crippen LogP contribution in [0.4, 0.5) is 0 Å². The average Bonchev–Trinajstić information content (AvgIpc) is 1.69. The SMILES string of the molecule is N=C(N)NCCCC(N)C(=O)NCCCCC(NC(=O)C(N)CCCNC(=N)N)C(=O)NC(CCCCNC(=O)C(N)CCCNC(=N)N)C(=O)NC(CCCCNC(=O)c1ccc(Cn2c3ccccc3c3cc(-c4nn[nH]n4)ccc32)cc1)C(N)=O. The maximum atomic E-state index is 14.3. The second-order valence-corrected chi connectivity index (χ2v) is 21.4. The molecule has 0 radical (unpaired) electrons. The van der Waals surface area contributed by atoms with Gasteiger partial charge in [0.05, 0.1) is 18.1 Å². The lowest BCUT2D eigenvalue weighted by Gasteiger charge is -2.26. The number of hydrogen-bond donors (Lipinski definition) is 20. The van der Waals surface area contributed by atoms with Gasteiger partial charge in [0.15, 0.2) is 17.9 Å². The van der Waals surface area contributed by atoms with Crippen LogP contribution in [0.5, 0.6) is 0 Å². The zero-order valence-corrected chi connectivity index (χ0v) is 49.6. The molecule has 6 atom stereocenters. The van der Waals surface area contributed by atoms with Gasteiger partial charge in [-0.1, -0.05) is 30.3 Å². The molecule has 5 rings (SSSR count). The van der Waals surface area contributed by atoms with Crippen molar-refractivity contribution in [3.63, 3.8) is 0 Å². The van der Waals surface area contributed by atoms with Gasteiger partial charge < -0.3 is 92.6 Å². The van der Waals surface area contributed by atoms with E-state index in [2.05, 4.69) is 85.2 Å². The van der Waals surface area contributed by atoms with Crippen LogP contribution in [0.15, 0.2) is 66.7 Å². The smallest absolute Gasteiger partial charge is 0.251 e. The van der Waals surface area contributed by atoms with Crippen LogP contribution in [0.1, 0.15) is 112 Å². The normalized spacial score (nSPS) is 13.2. The highest BCUT2D eigenvalue weighted by Crippen LogP contribution is 2.32. The Hall–Kier alpha value is -9.49.